The van der Waals surface area contributed by atoms with Crippen LogP contribution in [-0.2, 0) is 0 Å². The van der Waals surface area contributed by atoms with Crippen molar-refractivity contribution < 1.29 is 0 Å². The van der Waals surface area contributed by atoms with Crippen LogP contribution in [0.5, 0.6) is 0 Å². The van der Waals surface area contributed by atoms with E-state index in [9.17, 15) is 0 Å². The van der Waals surface area contributed by atoms with Crippen LogP contribution < -0.4 is 16.0 Å². The molecule has 0 heterocycles. The molecule has 19 heavy (non-hydrogen) atoms. The highest BCUT2D eigenvalue weighted by molar-refractivity contribution is 8.11. The lowest BCUT2D eigenvalue weighted by atomic mass is 10.5. The monoisotopic (exact) mass is 374 g/mol. The maximum atomic E-state index is 5.07. The minimum absolute atomic E-state index is 0.483. The summed E-state index contributed by atoms with van der Waals surface area (Å²) in [6, 6.07) is 0. The van der Waals surface area contributed by atoms with Crippen molar-refractivity contribution in [2.45, 2.75) is 0 Å². The van der Waals surface area contributed by atoms with E-state index in [2.05, 4.69) is 53.8 Å². The Kier molecular flexibility index (Phi) is 12.9. The fraction of sp³-hybridized carbons (Fsp3) is 0.667. The van der Waals surface area contributed by atoms with Gasteiger partial charge in [0.1, 0.15) is 13.0 Å². The van der Waals surface area contributed by atoms with Crippen molar-refractivity contribution in [2.24, 2.45) is 0 Å². The van der Waals surface area contributed by atoms with Gasteiger partial charge < -0.3 is 20.9 Å². The van der Waals surface area contributed by atoms with E-state index in [-0.39, 0.29) is 0 Å². The molecule has 0 aliphatic rings. The summed E-state index contributed by atoms with van der Waals surface area (Å²) < 4.78 is 1.56. The zero-order valence-corrected chi connectivity index (χ0v) is 15.4. The Morgan fingerprint density at radius 2 is 1.32 bits per heavy atom. The molecule has 4 nitrogen and oxygen atoms in total. The first-order chi connectivity index (χ1) is 8.93. The molecule has 0 aromatic rings. The second kappa shape index (κ2) is 12.4. The topological polar surface area (TPSA) is 39.3 Å². The van der Waals surface area contributed by atoms with Gasteiger partial charge in [-0.1, -0.05) is 36.7 Å². The molecule has 0 amide bonds. The van der Waals surface area contributed by atoms with Gasteiger partial charge in [-0.15, -0.1) is 37.9 Å². The highest BCUT2D eigenvalue weighted by atomic mass is 32.1. The number of rotatable bonds is 9. The Balaban J connectivity index is 3.68. The Morgan fingerprint density at radius 1 is 0.789 bits per heavy atom. The van der Waals surface area contributed by atoms with E-state index < -0.39 is 0 Å². The number of hydrogen-bond donors (Lipinski definition) is 6. The minimum atomic E-state index is 0.483. The van der Waals surface area contributed by atoms with Crippen LogP contribution in [0.15, 0.2) is 0 Å². The van der Waals surface area contributed by atoms with Crippen LogP contribution in [-0.4, -0.2) is 57.1 Å². The van der Waals surface area contributed by atoms with Crippen LogP contribution in [0.25, 0.3) is 0 Å². The maximum absolute atomic E-state index is 5.07. The van der Waals surface area contributed by atoms with Crippen molar-refractivity contribution in [3.63, 3.8) is 0 Å². The van der Waals surface area contributed by atoms with Gasteiger partial charge in [-0.2, -0.15) is 0 Å². The van der Waals surface area contributed by atoms with Crippen LogP contribution in [0, 0.1) is 0 Å². The first-order valence-corrected chi connectivity index (χ1v) is 8.12. The van der Waals surface area contributed by atoms with Crippen LogP contribution in [0.1, 0.15) is 0 Å². The van der Waals surface area contributed by atoms with Gasteiger partial charge in [0.25, 0.3) is 0 Å². The van der Waals surface area contributed by atoms with Crippen LogP contribution in [0.2, 0.25) is 0 Å². The summed E-state index contributed by atoms with van der Waals surface area (Å²) in [4.78, 5) is 1.99. The molecule has 110 valence electrons. The van der Waals surface area contributed by atoms with Gasteiger partial charge in [0.05, 0.1) is 0 Å². The lowest BCUT2D eigenvalue weighted by Crippen LogP contribution is -2.40. The normalized spacial score (nSPS) is 9.84. The highest BCUT2D eigenvalue weighted by Crippen LogP contribution is 1.95. The van der Waals surface area contributed by atoms with Gasteiger partial charge in [-0.3, -0.25) is 0 Å². The molecule has 0 saturated heterocycles. The second-order valence-electron chi connectivity index (χ2n) is 3.48. The van der Waals surface area contributed by atoms with Crippen LogP contribution in [0.3, 0.4) is 0 Å². The summed E-state index contributed by atoms with van der Waals surface area (Å²) in [5, 5.41) is 9.18. The smallest absolute Gasteiger partial charge is 0.133 e. The standard InChI is InChI=1S/C9H18N4S6/c14-7(15)11-2-1-10-3-5-13(9(18)19)6-4-12-8(16)17/h10H,1-6H2,(H,18,19)(H2,11,14,15)(H2,12,16,17). The summed E-state index contributed by atoms with van der Waals surface area (Å²) in [7, 11) is 0. The summed E-state index contributed by atoms with van der Waals surface area (Å²) in [5.74, 6) is 0. The first-order valence-electron chi connectivity index (χ1n) is 5.55. The fourth-order valence-electron chi connectivity index (χ4n) is 1.20. The molecule has 0 fully saturated rings. The molecule has 0 unspecified atom stereocenters. The maximum Gasteiger partial charge on any atom is 0.133 e. The van der Waals surface area contributed by atoms with Crippen molar-refractivity contribution in [1.82, 2.24) is 20.9 Å². The second-order valence-corrected chi connectivity index (χ2v) is 6.91. The SMILES string of the molecule is S=C(S)NCCNCCN(CCNC(=S)S)C(=S)S. The predicted molar refractivity (Wildman–Crippen MR) is 105 cm³/mol. The third-order valence-corrected chi connectivity index (χ3v) is 3.21. The van der Waals surface area contributed by atoms with E-state index in [0.29, 0.717) is 19.5 Å². The Bertz CT molecular complexity index is 311. The van der Waals surface area contributed by atoms with Gasteiger partial charge in [0, 0.05) is 39.3 Å². The predicted octanol–water partition coefficient (Wildman–Crippen LogP) is 0.701. The van der Waals surface area contributed by atoms with E-state index in [1.54, 1.807) is 0 Å². The molecule has 10 heteroatoms. The number of thiocarbonyl (C=S) groups is 3. The van der Waals surface area contributed by atoms with Gasteiger partial charge in [-0.05, 0) is 0 Å². The Labute approximate surface area is 147 Å². The molecule has 0 radical (unpaired) electrons. The van der Waals surface area contributed by atoms with E-state index in [0.717, 1.165) is 32.7 Å². The van der Waals surface area contributed by atoms with E-state index in [1.165, 1.54) is 0 Å². The quantitative estimate of drug-likeness (QED) is 0.202. The molecule has 3 N–H and O–H groups in total. The van der Waals surface area contributed by atoms with E-state index in [1.807, 2.05) is 4.90 Å². The third kappa shape index (κ3) is 13.4. The number of thiol groups is 3. The lowest BCUT2D eigenvalue weighted by Gasteiger charge is -2.23. The van der Waals surface area contributed by atoms with Crippen molar-refractivity contribution in [1.29, 1.82) is 0 Å². The number of nitrogens with zero attached hydrogens (tertiary/aromatic N) is 1. The average Bonchev–Trinajstić information content (AvgIpc) is 2.29. The molecule has 0 spiro atoms. The molecule has 0 aromatic carbocycles. The molecule has 0 aliphatic heterocycles. The Morgan fingerprint density at radius 3 is 1.84 bits per heavy atom. The summed E-state index contributed by atoms with van der Waals surface area (Å²) in [6.07, 6.45) is 0. The van der Waals surface area contributed by atoms with E-state index >= 15 is 0 Å². The third-order valence-electron chi connectivity index (χ3n) is 2.06. The van der Waals surface area contributed by atoms with Gasteiger partial charge in [0.2, 0.25) is 0 Å². The largest absolute Gasteiger partial charge is 0.370 e. The molecule has 0 bridgehead atoms. The molecule has 0 rings (SSSR count). The molecule has 0 atom stereocenters. The lowest BCUT2D eigenvalue weighted by molar-refractivity contribution is 0.426. The van der Waals surface area contributed by atoms with Crippen molar-refractivity contribution in [2.75, 3.05) is 39.3 Å². The van der Waals surface area contributed by atoms with Crippen molar-refractivity contribution >= 4 is 87.5 Å². The van der Waals surface area contributed by atoms with E-state index in [4.69, 9.17) is 36.7 Å². The zero-order chi connectivity index (χ0) is 14.7. The van der Waals surface area contributed by atoms with Gasteiger partial charge >= 0.3 is 0 Å². The van der Waals surface area contributed by atoms with Crippen LogP contribution >= 0.6 is 74.5 Å². The number of nitrogens with one attached hydrogen (secondary N) is 3. The average molecular weight is 375 g/mol. The molecule has 0 saturated carbocycles. The zero-order valence-electron chi connectivity index (χ0n) is 10.3. The van der Waals surface area contributed by atoms with Crippen molar-refractivity contribution in [3.05, 3.63) is 0 Å². The highest BCUT2D eigenvalue weighted by Gasteiger charge is 2.05. The molecule has 0 aliphatic carbocycles. The summed E-state index contributed by atoms with van der Waals surface area (Å²) >= 11 is 26.8. The molecule has 0 aromatic heterocycles. The Hall–Kier alpha value is 0.680. The fourth-order valence-corrected chi connectivity index (χ4v) is 2.01. The molecular formula is C9H18N4S6. The summed E-state index contributed by atoms with van der Waals surface area (Å²) in [5.41, 5.74) is 0. The summed E-state index contributed by atoms with van der Waals surface area (Å²) in [6.45, 7) is 4.60. The number of hydrogen-bond acceptors (Lipinski definition) is 4. The minimum Gasteiger partial charge on any atom is -0.370 e. The van der Waals surface area contributed by atoms with Gasteiger partial charge in [-0.25, -0.2) is 0 Å². The van der Waals surface area contributed by atoms with Crippen LogP contribution in [0.4, 0.5) is 0 Å². The first kappa shape index (κ1) is 19.7. The van der Waals surface area contributed by atoms with Crippen molar-refractivity contribution in [3.8, 4) is 0 Å². The van der Waals surface area contributed by atoms with Gasteiger partial charge in [0.15, 0.2) is 0 Å². The molecular weight excluding hydrogens is 357 g/mol.